The molecule has 0 bridgehead atoms. The van der Waals surface area contributed by atoms with E-state index in [1.165, 1.54) is 4.90 Å². The van der Waals surface area contributed by atoms with E-state index < -0.39 is 18.2 Å². The van der Waals surface area contributed by atoms with E-state index in [-0.39, 0.29) is 31.6 Å². The first-order valence-electron chi connectivity index (χ1n) is 6.62. The molecule has 3 atom stereocenters. The third-order valence-electron chi connectivity index (χ3n) is 3.81. The van der Waals surface area contributed by atoms with Crippen LogP contribution in [0.5, 0.6) is 0 Å². The Morgan fingerprint density at radius 1 is 1.11 bits per heavy atom. The maximum absolute atomic E-state index is 12.3. The Morgan fingerprint density at radius 3 is 2.32 bits per heavy atom. The van der Waals surface area contributed by atoms with Gasteiger partial charge in [-0.3, -0.25) is 4.79 Å². The van der Waals surface area contributed by atoms with Crippen molar-refractivity contribution in [1.29, 1.82) is 0 Å². The third kappa shape index (κ3) is 3.16. The summed E-state index contributed by atoms with van der Waals surface area (Å²) in [5.74, 6) is -0.911. The van der Waals surface area contributed by atoms with Crippen molar-refractivity contribution in [2.45, 2.75) is 43.9 Å². The SMILES string of the molecule is O=C(O)CC1CCCCN1C(=O)N1CC(O)C(O)C1. The standard InChI is InChI=1S/C12H20N2O5/c15-9-6-13(7-10(9)16)12(19)14-4-2-1-3-8(14)5-11(17)18/h8-10,15-16H,1-7H2,(H,17,18). The molecule has 19 heavy (non-hydrogen) atoms. The first kappa shape index (κ1) is 14.1. The van der Waals surface area contributed by atoms with Crippen LogP contribution in [-0.2, 0) is 4.79 Å². The predicted molar refractivity (Wildman–Crippen MR) is 65.6 cm³/mol. The lowest BCUT2D eigenvalue weighted by Crippen LogP contribution is -2.50. The number of carboxylic acids is 1. The molecule has 108 valence electrons. The minimum Gasteiger partial charge on any atom is -0.481 e. The lowest BCUT2D eigenvalue weighted by molar-refractivity contribution is -0.138. The number of carboxylic acid groups (broad SMARTS) is 1. The smallest absolute Gasteiger partial charge is 0.320 e. The number of carbonyl (C=O) groups excluding carboxylic acids is 1. The molecule has 3 N–H and O–H groups in total. The first-order valence-corrected chi connectivity index (χ1v) is 6.62. The number of β-amino-alcohol motifs (C(OH)–C–C–N with tert-alkyl or cyclic N) is 2. The monoisotopic (exact) mass is 272 g/mol. The Hall–Kier alpha value is -1.34. The highest BCUT2D eigenvalue weighted by molar-refractivity contribution is 5.76. The maximum atomic E-state index is 12.3. The summed E-state index contributed by atoms with van der Waals surface area (Å²) < 4.78 is 0. The van der Waals surface area contributed by atoms with Crippen LogP contribution in [-0.4, -0.2) is 75.0 Å². The predicted octanol–water partition coefficient (Wildman–Crippen LogP) is -0.527. The highest BCUT2D eigenvalue weighted by Gasteiger charge is 2.37. The second kappa shape index (κ2) is 5.75. The zero-order chi connectivity index (χ0) is 14.0. The second-order valence-electron chi connectivity index (χ2n) is 5.26. The van der Waals surface area contributed by atoms with Gasteiger partial charge in [-0.15, -0.1) is 0 Å². The number of carbonyl (C=O) groups is 2. The number of urea groups is 1. The van der Waals surface area contributed by atoms with Crippen molar-refractivity contribution in [3.8, 4) is 0 Å². The van der Waals surface area contributed by atoms with Gasteiger partial charge in [0, 0.05) is 12.6 Å². The molecule has 2 amide bonds. The van der Waals surface area contributed by atoms with E-state index in [0.29, 0.717) is 13.0 Å². The van der Waals surface area contributed by atoms with Crippen LogP contribution in [0.25, 0.3) is 0 Å². The van der Waals surface area contributed by atoms with E-state index in [1.54, 1.807) is 4.90 Å². The Labute approximate surface area is 111 Å². The van der Waals surface area contributed by atoms with Gasteiger partial charge in [0.05, 0.1) is 31.7 Å². The molecule has 0 aliphatic carbocycles. The van der Waals surface area contributed by atoms with E-state index in [4.69, 9.17) is 5.11 Å². The van der Waals surface area contributed by atoms with Crippen LogP contribution in [0.2, 0.25) is 0 Å². The summed E-state index contributed by atoms with van der Waals surface area (Å²) in [4.78, 5) is 26.1. The van der Waals surface area contributed by atoms with Gasteiger partial charge >= 0.3 is 12.0 Å². The van der Waals surface area contributed by atoms with Crippen molar-refractivity contribution in [2.24, 2.45) is 0 Å². The molecule has 2 aliphatic heterocycles. The van der Waals surface area contributed by atoms with Crippen LogP contribution < -0.4 is 0 Å². The van der Waals surface area contributed by atoms with Gasteiger partial charge in [-0.05, 0) is 19.3 Å². The van der Waals surface area contributed by atoms with E-state index in [2.05, 4.69) is 0 Å². The van der Waals surface area contributed by atoms with Gasteiger partial charge in [0.2, 0.25) is 0 Å². The summed E-state index contributed by atoms with van der Waals surface area (Å²) in [5, 5.41) is 27.8. The quantitative estimate of drug-likeness (QED) is 0.627. The number of amides is 2. The molecule has 7 heteroatoms. The zero-order valence-electron chi connectivity index (χ0n) is 10.7. The molecular weight excluding hydrogens is 252 g/mol. The molecular formula is C12H20N2O5. The highest BCUT2D eigenvalue weighted by atomic mass is 16.4. The minimum absolute atomic E-state index is 0.0509. The van der Waals surface area contributed by atoms with Gasteiger partial charge in [-0.25, -0.2) is 4.79 Å². The molecule has 2 rings (SSSR count). The number of aliphatic carboxylic acids is 1. The van der Waals surface area contributed by atoms with Crippen molar-refractivity contribution < 1.29 is 24.9 Å². The van der Waals surface area contributed by atoms with Crippen molar-refractivity contribution in [2.75, 3.05) is 19.6 Å². The molecule has 0 aromatic rings. The van der Waals surface area contributed by atoms with Crippen LogP contribution in [0.3, 0.4) is 0 Å². The Balaban J connectivity index is 2.01. The van der Waals surface area contributed by atoms with Crippen LogP contribution in [0, 0.1) is 0 Å². The summed E-state index contributed by atoms with van der Waals surface area (Å²) in [6.07, 6.45) is 0.605. The van der Waals surface area contributed by atoms with Gasteiger partial charge in [0.15, 0.2) is 0 Å². The van der Waals surface area contributed by atoms with Crippen molar-refractivity contribution >= 4 is 12.0 Å². The van der Waals surface area contributed by atoms with Crippen LogP contribution in [0.4, 0.5) is 4.79 Å². The number of aliphatic hydroxyl groups is 2. The summed E-state index contributed by atoms with van der Waals surface area (Å²) in [5.41, 5.74) is 0. The summed E-state index contributed by atoms with van der Waals surface area (Å²) in [6, 6.07) is -0.560. The summed E-state index contributed by atoms with van der Waals surface area (Å²) in [7, 11) is 0. The van der Waals surface area contributed by atoms with E-state index in [9.17, 15) is 19.8 Å². The second-order valence-corrected chi connectivity index (χ2v) is 5.26. The lowest BCUT2D eigenvalue weighted by atomic mass is 10.00. The van der Waals surface area contributed by atoms with Crippen molar-refractivity contribution in [3.05, 3.63) is 0 Å². The molecule has 2 fully saturated rings. The van der Waals surface area contributed by atoms with Gasteiger partial charge < -0.3 is 25.1 Å². The van der Waals surface area contributed by atoms with Crippen molar-refractivity contribution in [3.63, 3.8) is 0 Å². The fraction of sp³-hybridized carbons (Fsp3) is 0.833. The van der Waals surface area contributed by atoms with E-state index in [1.807, 2.05) is 0 Å². The molecule has 3 unspecified atom stereocenters. The number of likely N-dealkylation sites (tertiary alicyclic amines) is 2. The van der Waals surface area contributed by atoms with Gasteiger partial charge in [0.25, 0.3) is 0 Å². The number of hydrogen-bond acceptors (Lipinski definition) is 4. The largest absolute Gasteiger partial charge is 0.481 e. The van der Waals surface area contributed by atoms with E-state index >= 15 is 0 Å². The molecule has 2 heterocycles. The minimum atomic E-state index is -0.911. The Kier molecular flexibility index (Phi) is 4.26. The number of piperidine rings is 1. The van der Waals surface area contributed by atoms with Crippen LogP contribution >= 0.6 is 0 Å². The normalized spacial score (nSPS) is 31.6. The lowest BCUT2D eigenvalue weighted by Gasteiger charge is -2.37. The molecule has 2 saturated heterocycles. The number of rotatable bonds is 2. The molecule has 7 nitrogen and oxygen atoms in total. The molecule has 0 aromatic heterocycles. The Morgan fingerprint density at radius 2 is 1.74 bits per heavy atom. The number of aliphatic hydroxyl groups excluding tert-OH is 2. The topological polar surface area (TPSA) is 101 Å². The first-order chi connectivity index (χ1) is 8.99. The zero-order valence-corrected chi connectivity index (χ0v) is 10.7. The third-order valence-corrected chi connectivity index (χ3v) is 3.81. The van der Waals surface area contributed by atoms with Crippen LogP contribution in [0.15, 0.2) is 0 Å². The van der Waals surface area contributed by atoms with Gasteiger partial charge in [0.1, 0.15) is 0 Å². The number of hydrogen-bond donors (Lipinski definition) is 3. The number of nitrogens with zero attached hydrogens (tertiary/aromatic N) is 2. The molecule has 0 radical (unpaired) electrons. The molecule has 2 aliphatic rings. The fourth-order valence-electron chi connectivity index (χ4n) is 2.77. The van der Waals surface area contributed by atoms with Crippen molar-refractivity contribution in [1.82, 2.24) is 9.80 Å². The maximum Gasteiger partial charge on any atom is 0.320 e. The van der Waals surface area contributed by atoms with Crippen LogP contribution in [0.1, 0.15) is 25.7 Å². The molecule has 0 aromatic carbocycles. The average Bonchev–Trinajstić information content (AvgIpc) is 2.69. The molecule has 0 saturated carbocycles. The average molecular weight is 272 g/mol. The van der Waals surface area contributed by atoms with Gasteiger partial charge in [-0.2, -0.15) is 0 Å². The Bertz CT molecular complexity index is 352. The summed E-state index contributed by atoms with van der Waals surface area (Å²) in [6.45, 7) is 0.756. The fourth-order valence-corrected chi connectivity index (χ4v) is 2.77. The van der Waals surface area contributed by atoms with E-state index in [0.717, 1.165) is 12.8 Å². The highest BCUT2D eigenvalue weighted by Crippen LogP contribution is 2.23. The van der Waals surface area contributed by atoms with Gasteiger partial charge in [-0.1, -0.05) is 0 Å². The molecule has 0 spiro atoms. The summed E-state index contributed by atoms with van der Waals surface area (Å²) >= 11 is 0.